The Morgan fingerprint density at radius 1 is 1.44 bits per heavy atom. The molecule has 0 bridgehead atoms. The number of hydrogen-bond donors (Lipinski definition) is 2. The minimum absolute atomic E-state index is 0.188. The number of imidazole rings is 1. The highest BCUT2D eigenvalue weighted by molar-refractivity contribution is 5.92. The molecule has 2 rings (SSSR count). The number of esters is 1. The van der Waals surface area contributed by atoms with Gasteiger partial charge >= 0.3 is 11.9 Å². The first-order chi connectivity index (χ1) is 8.60. The van der Waals surface area contributed by atoms with Crippen LogP contribution in [-0.2, 0) is 16.0 Å². The Morgan fingerprint density at radius 2 is 2.22 bits per heavy atom. The predicted octanol–water partition coefficient (Wildman–Crippen LogP) is 1.37. The maximum absolute atomic E-state index is 11.0. The molecule has 6 heteroatoms. The molecule has 0 aliphatic rings. The van der Waals surface area contributed by atoms with Crippen molar-refractivity contribution in [3.63, 3.8) is 0 Å². The van der Waals surface area contributed by atoms with E-state index >= 15 is 0 Å². The third kappa shape index (κ3) is 2.48. The molecule has 0 fully saturated rings. The van der Waals surface area contributed by atoms with Crippen molar-refractivity contribution in [3.8, 4) is 0 Å². The average Bonchev–Trinajstić information content (AvgIpc) is 2.77. The second kappa shape index (κ2) is 4.87. The van der Waals surface area contributed by atoms with Crippen LogP contribution in [0.5, 0.6) is 0 Å². The Hall–Kier alpha value is -2.37. The molecule has 1 aromatic carbocycles. The Morgan fingerprint density at radius 3 is 2.89 bits per heavy atom. The summed E-state index contributed by atoms with van der Waals surface area (Å²) in [6.07, 6.45) is 0.672. The number of fused-ring (bicyclic) bond motifs is 1. The van der Waals surface area contributed by atoms with E-state index in [9.17, 15) is 9.59 Å². The summed E-state index contributed by atoms with van der Waals surface area (Å²) in [5.41, 5.74) is 1.52. The summed E-state index contributed by atoms with van der Waals surface area (Å²) >= 11 is 0. The monoisotopic (exact) mass is 248 g/mol. The smallest absolute Gasteiger partial charge is 0.335 e. The van der Waals surface area contributed by atoms with Crippen LogP contribution in [0.25, 0.3) is 11.0 Å². The zero-order chi connectivity index (χ0) is 13.1. The number of aromatic nitrogens is 2. The number of rotatable bonds is 4. The summed E-state index contributed by atoms with van der Waals surface area (Å²) < 4.78 is 4.54. The number of nitrogens with zero attached hydrogens (tertiary/aromatic N) is 1. The molecule has 0 radical (unpaired) electrons. The number of carbonyl (C=O) groups excluding carboxylic acids is 1. The topological polar surface area (TPSA) is 92.3 Å². The molecule has 1 aromatic heterocycles. The maximum atomic E-state index is 11.0. The van der Waals surface area contributed by atoms with Gasteiger partial charge in [0.15, 0.2) is 0 Å². The number of carbonyl (C=O) groups is 2. The number of ether oxygens (including phenoxy) is 1. The molecule has 0 saturated heterocycles. The third-order valence-electron chi connectivity index (χ3n) is 2.57. The van der Waals surface area contributed by atoms with E-state index in [1.54, 1.807) is 6.07 Å². The minimum atomic E-state index is -0.990. The van der Waals surface area contributed by atoms with Crippen molar-refractivity contribution in [1.29, 1.82) is 0 Å². The lowest BCUT2D eigenvalue weighted by Crippen LogP contribution is -2.02. The Kier molecular flexibility index (Phi) is 3.27. The van der Waals surface area contributed by atoms with Crippen LogP contribution >= 0.6 is 0 Å². The summed E-state index contributed by atoms with van der Waals surface area (Å²) in [6, 6.07) is 4.66. The first kappa shape index (κ1) is 12.1. The van der Waals surface area contributed by atoms with Crippen molar-refractivity contribution in [2.45, 2.75) is 12.8 Å². The van der Waals surface area contributed by atoms with Gasteiger partial charge in [-0.25, -0.2) is 9.78 Å². The van der Waals surface area contributed by atoms with Crippen molar-refractivity contribution in [2.75, 3.05) is 7.11 Å². The molecule has 2 N–H and O–H groups in total. The number of hydrogen-bond acceptors (Lipinski definition) is 4. The van der Waals surface area contributed by atoms with Crippen LogP contribution in [0.4, 0.5) is 0 Å². The van der Waals surface area contributed by atoms with Gasteiger partial charge in [0.05, 0.1) is 30.1 Å². The van der Waals surface area contributed by atoms with Crippen LogP contribution < -0.4 is 0 Å². The molecule has 0 saturated carbocycles. The van der Waals surface area contributed by atoms with E-state index in [2.05, 4.69) is 14.7 Å². The van der Waals surface area contributed by atoms with Gasteiger partial charge in [0.1, 0.15) is 5.82 Å². The molecule has 2 aromatic rings. The van der Waals surface area contributed by atoms with E-state index in [1.165, 1.54) is 19.2 Å². The van der Waals surface area contributed by atoms with E-state index in [0.717, 1.165) is 5.52 Å². The van der Waals surface area contributed by atoms with Gasteiger partial charge in [-0.05, 0) is 18.2 Å². The Balaban J connectivity index is 2.22. The van der Waals surface area contributed by atoms with Crippen LogP contribution in [-0.4, -0.2) is 34.1 Å². The molecule has 0 atom stereocenters. The standard InChI is InChI=1S/C12H12N2O4/c1-18-11(15)5-4-10-13-8-3-2-7(12(16)17)6-9(8)14-10/h2-3,6H,4-5H2,1H3,(H,13,14)(H,16,17). The van der Waals surface area contributed by atoms with E-state index in [1.807, 2.05) is 0 Å². The Labute approximate surface area is 103 Å². The van der Waals surface area contributed by atoms with Gasteiger partial charge in [-0.3, -0.25) is 4.79 Å². The van der Waals surface area contributed by atoms with E-state index in [4.69, 9.17) is 5.11 Å². The number of H-pyrrole nitrogens is 1. The molecule has 0 unspecified atom stereocenters. The number of aryl methyl sites for hydroxylation is 1. The van der Waals surface area contributed by atoms with Crippen molar-refractivity contribution < 1.29 is 19.4 Å². The number of aromatic amines is 1. The van der Waals surface area contributed by atoms with Gasteiger partial charge in [-0.15, -0.1) is 0 Å². The van der Waals surface area contributed by atoms with Crippen LogP contribution in [0.1, 0.15) is 22.6 Å². The first-order valence-corrected chi connectivity index (χ1v) is 5.39. The fourth-order valence-electron chi connectivity index (χ4n) is 1.63. The molecule has 18 heavy (non-hydrogen) atoms. The van der Waals surface area contributed by atoms with Crippen molar-refractivity contribution >= 4 is 23.0 Å². The van der Waals surface area contributed by atoms with Crippen molar-refractivity contribution in [3.05, 3.63) is 29.6 Å². The molecule has 0 spiro atoms. The second-order valence-electron chi connectivity index (χ2n) is 3.80. The molecule has 6 nitrogen and oxygen atoms in total. The minimum Gasteiger partial charge on any atom is -0.478 e. The number of benzene rings is 1. The summed E-state index contributed by atoms with van der Waals surface area (Å²) in [7, 11) is 1.33. The fourth-order valence-corrected chi connectivity index (χ4v) is 1.63. The predicted molar refractivity (Wildman–Crippen MR) is 63.4 cm³/mol. The highest BCUT2D eigenvalue weighted by Gasteiger charge is 2.09. The van der Waals surface area contributed by atoms with Crippen molar-refractivity contribution in [1.82, 2.24) is 9.97 Å². The Bertz CT molecular complexity index is 603. The summed E-state index contributed by atoms with van der Waals surface area (Å²) in [4.78, 5) is 29.1. The van der Waals surface area contributed by atoms with Crippen molar-refractivity contribution in [2.24, 2.45) is 0 Å². The van der Waals surface area contributed by atoms with E-state index in [0.29, 0.717) is 17.8 Å². The number of aromatic carboxylic acids is 1. The molecule has 94 valence electrons. The van der Waals surface area contributed by atoms with Gasteiger partial charge in [0.25, 0.3) is 0 Å². The lowest BCUT2D eigenvalue weighted by molar-refractivity contribution is -0.140. The van der Waals surface area contributed by atoms with Crippen LogP contribution in [0.15, 0.2) is 18.2 Å². The lowest BCUT2D eigenvalue weighted by Gasteiger charge is -1.95. The van der Waals surface area contributed by atoms with Gasteiger partial charge < -0.3 is 14.8 Å². The summed E-state index contributed by atoms with van der Waals surface area (Å²) in [5.74, 6) is -0.657. The maximum Gasteiger partial charge on any atom is 0.335 e. The molecule has 0 amide bonds. The van der Waals surface area contributed by atoms with Crippen LogP contribution in [0, 0.1) is 0 Å². The third-order valence-corrected chi connectivity index (χ3v) is 2.57. The summed E-state index contributed by atoms with van der Waals surface area (Å²) in [5, 5.41) is 8.86. The quantitative estimate of drug-likeness (QED) is 0.797. The zero-order valence-corrected chi connectivity index (χ0v) is 9.77. The van der Waals surface area contributed by atoms with Gasteiger partial charge in [0.2, 0.25) is 0 Å². The highest BCUT2D eigenvalue weighted by Crippen LogP contribution is 2.14. The molecule has 0 aliphatic heterocycles. The lowest BCUT2D eigenvalue weighted by atomic mass is 10.2. The van der Waals surface area contributed by atoms with E-state index < -0.39 is 5.97 Å². The molecular formula is C12H12N2O4. The van der Waals surface area contributed by atoms with Gasteiger partial charge in [-0.1, -0.05) is 0 Å². The molecule has 1 heterocycles. The fraction of sp³-hybridized carbons (Fsp3) is 0.250. The largest absolute Gasteiger partial charge is 0.478 e. The van der Waals surface area contributed by atoms with Gasteiger partial charge in [0, 0.05) is 6.42 Å². The molecular weight excluding hydrogens is 236 g/mol. The second-order valence-corrected chi connectivity index (χ2v) is 3.80. The van der Waals surface area contributed by atoms with Gasteiger partial charge in [-0.2, -0.15) is 0 Å². The molecule has 0 aliphatic carbocycles. The SMILES string of the molecule is COC(=O)CCc1nc2cc(C(=O)O)ccc2[nH]1. The number of carboxylic acids is 1. The number of methoxy groups -OCH3 is 1. The zero-order valence-electron chi connectivity index (χ0n) is 9.77. The van der Waals surface area contributed by atoms with Crippen LogP contribution in [0.3, 0.4) is 0 Å². The van der Waals surface area contributed by atoms with E-state index in [-0.39, 0.29) is 18.0 Å². The summed E-state index contributed by atoms with van der Waals surface area (Å²) in [6.45, 7) is 0. The number of carboxylic acid groups (broad SMARTS) is 1. The first-order valence-electron chi connectivity index (χ1n) is 5.39. The van der Waals surface area contributed by atoms with Crippen LogP contribution in [0.2, 0.25) is 0 Å². The average molecular weight is 248 g/mol. The number of nitrogens with one attached hydrogen (secondary N) is 1. The highest BCUT2D eigenvalue weighted by atomic mass is 16.5. The normalized spacial score (nSPS) is 10.5.